The molecule has 0 bridgehead atoms. The molecule has 2 N–H and O–H groups in total. The molecule has 1 aliphatic rings. The summed E-state index contributed by atoms with van der Waals surface area (Å²) in [6.07, 6.45) is 0.728. The third-order valence-electron chi connectivity index (χ3n) is 1.67. The van der Waals surface area contributed by atoms with Crippen molar-refractivity contribution in [1.82, 2.24) is 15.5 Å². The van der Waals surface area contributed by atoms with Crippen molar-refractivity contribution in [2.45, 2.75) is 0 Å². The van der Waals surface area contributed by atoms with Crippen molar-refractivity contribution in [1.29, 1.82) is 0 Å². The summed E-state index contributed by atoms with van der Waals surface area (Å²) in [4.78, 5) is 12.2. The van der Waals surface area contributed by atoms with Gasteiger partial charge in [0, 0.05) is 39.3 Å². The van der Waals surface area contributed by atoms with E-state index < -0.39 is 0 Å². The van der Waals surface area contributed by atoms with Crippen LogP contribution in [0.2, 0.25) is 0 Å². The highest BCUT2D eigenvalue weighted by Crippen LogP contribution is 1.99. The number of nitrogens with zero attached hydrogens (tertiary/aromatic N) is 1. The molecule has 0 aliphatic carbocycles. The first-order chi connectivity index (χ1) is 5.43. The van der Waals surface area contributed by atoms with Gasteiger partial charge in [-0.1, -0.05) is 0 Å². The highest BCUT2D eigenvalue weighted by molar-refractivity contribution is 5.45. The van der Waals surface area contributed by atoms with Gasteiger partial charge >= 0.3 is 0 Å². The Morgan fingerprint density at radius 1 is 1.27 bits per heavy atom. The van der Waals surface area contributed by atoms with E-state index in [-0.39, 0.29) is 0 Å². The predicted molar refractivity (Wildman–Crippen MR) is 43.4 cm³/mol. The van der Waals surface area contributed by atoms with E-state index in [0.29, 0.717) is 0 Å². The van der Waals surface area contributed by atoms with Crippen LogP contribution in [0.3, 0.4) is 0 Å². The Morgan fingerprint density at radius 3 is 2.73 bits per heavy atom. The second-order valence-electron chi connectivity index (χ2n) is 2.66. The lowest BCUT2D eigenvalue weighted by Crippen LogP contribution is -2.29. The van der Waals surface area contributed by atoms with E-state index in [1.54, 1.807) is 0 Å². The number of carbonyl (C=O) groups excluding carboxylic acids is 1. The van der Waals surface area contributed by atoms with Crippen LogP contribution in [0, 0.1) is 0 Å². The lowest BCUT2D eigenvalue weighted by atomic mass is 10.5. The molecule has 1 aliphatic heterocycles. The molecule has 0 unspecified atom stereocenters. The molecule has 0 spiro atoms. The minimum Gasteiger partial charge on any atom is -0.357 e. The van der Waals surface area contributed by atoms with E-state index in [4.69, 9.17) is 0 Å². The van der Waals surface area contributed by atoms with E-state index in [9.17, 15) is 4.79 Å². The van der Waals surface area contributed by atoms with Crippen LogP contribution >= 0.6 is 0 Å². The Bertz CT molecular complexity index is 114. The maximum Gasteiger partial charge on any atom is 0.207 e. The fourth-order valence-electron chi connectivity index (χ4n) is 0.876. The molecule has 0 aromatic carbocycles. The highest BCUT2D eigenvalue weighted by Gasteiger charge is 2.14. The average molecular weight is 157 g/mol. The molecule has 4 nitrogen and oxygen atoms in total. The zero-order valence-corrected chi connectivity index (χ0v) is 6.68. The summed E-state index contributed by atoms with van der Waals surface area (Å²) in [5.41, 5.74) is 0. The fraction of sp³-hybridized carbons (Fsp3) is 0.857. The van der Waals surface area contributed by atoms with Crippen LogP contribution in [-0.2, 0) is 4.79 Å². The van der Waals surface area contributed by atoms with Crippen LogP contribution in [0.25, 0.3) is 0 Å². The summed E-state index contributed by atoms with van der Waals surface area (Å²) in [5, 5.41) is 5.82. The molecule has 4 heteroatoms. The third kappa shape index (κ3) is 4.75. The van der Waals surface area contributed by atoms with Gasteiger partial charge in [0.05, 0.1) is 0 Å². The third-order valence-corrected chi connectivity index (χ3v) is 1.67. The van der Waals surface area contributed by atoms with Crippen LogP contribution in [0.5, 0.6) is 0 Å². The molecule has 1 heterocycles. The van der Waals surface area contributed by atoms with Gasteiger partial charge in [-0.2, -0.15) is 0 Å². The Labute approximate surface area is 66.9 Å². The van der Waals surface area contributed by atoms with Crippen LogP contribution < -0.4 is 10.6 Å². The van der Waals surface area contributed by atoms with Crippen molar-refractivity contribution in [2.75, 3.05) is 39.3 Å². The SMILES string of the molecule is O=CNCCNCCN1CC1. The molecular weight excluding hydrogens is 142 g/mol. The largest absolute Gasteiger partial charge is 0.357 e. The van der Waals surface area contributed by atoms with Gasteiger partial charge in [0.2, 0.25) is 6.41 Å². The van der Waals surface area contributed by atoms with E-state index >= 15 is 0 Å². The predicted octanol–water partition coefficient (Wildman–Crippen LogP) is -1.36. The van der Waals surface area contributed by atoms with Gasteiger partial charge in [-0.3, -0.25) is 9.69 Å². The maximum absolute atomic E-state index is 9.81. The topological polar surface area (TPSA) is 44.1 Å². The van der Waals surface area contributed by atoms with Gasteiger partial charge in [-0.05, 0) is 0 Å². The minimum absolute atomic E-state index is 0.726. The number of hydrogen-bond acceptors (Lipinski definition) is 3. The van der Waals surface area contributed by atoms with Crippen molar-refractivity contribution in [3.05, 3.63) is 0 Å². The molecule has 0 aromatic heterocycles. The van der Waals surface area contributed by atoms with Gasteiger partial charge in [0.1, 0.15) is 0 Å². The molecule has 64 valence electrons. The molecule has 1 rings (SSSR count). The summed E-state index contributed by atoms with van der Waals surface area (Å²) >= 11 is 0. The molecule has 0 saturated carbocycles. The Balaban J connectivity index is 1.69. The Morgan fingerprint density at radius 2 is 2.09 bits per heavy atom. The number of amides is 1. The summed E-state index contributed by atoms with van der Waals surface area (Å²) < 4.78 is 0. The summed E-state index contributed by atoms with van der Waals surface area (Å²) in [6, 6.07) is 0. The van der Waals surface area contributed by atoms with Crippen LogP contribution in [0.1, 0.15) is 0 Å². The Kier molecular flexibility index (Phi) is 3.93. The first kappa shape index (κ1) is 8.49. The van der Waals surface area contributed by atoms with Crippen LogP contribution in [0.15, 0.2) is 0 Å². The van der Waals surface area contributed by atoms with E-state index in [1.165, 1.54) is 13.1 Å². The molecule has 1 amide bonds. The number of rotatable bonds is 7. The first-order valence-electron chi connectivity index (χ1n) is 4.03. The number of carbonyl (C=O) groups is 1. The van der Waals surface area contributed by atoms with Crippen molar-refractivity contribution in [2.24, 2.45) is 0 Å². The summed E-state index contributed by atoms with van der Waals surface area (Å²) in [7, 11) is 0. The standard InChI is InChI=1S/C7H15N3O/c11-7-9-2-1-8-3-4-10-5-6-10/h7-8H,1-6H2,(H,9,11). The molecular formula is C7H15N3O. The van der Waals surface area contributed by atoms with Crippen molar-refractivity contribution in [3.8, 4) is 0 Å². The highest BCUT2D eigenvalue weighted by atomic mass is 16.1. The van der Waals surface area contributed by atoms with Gasteiger partial charge in [0.15, 0.2) is 0 Å². The Hall–Kier alpha value is -0.610. The second-order valence-corrected chi connectivity index (χ2v) is 2.66. The molecule has 1 saturated heterocycles. The fourth-order valence-corrected chi connectivity index (χ4v) is 0.876. The summed E-state index contributed by atoms with van der Waals surface area (Å²) in [5.74, 6) is 0. The van der Waals surface area contributed by atoms with E-state index in [2.05, 4.69) is 15.5 Å². The van der Waals surface area contributed by atoms with Crippen molar-refractivity contribution >= 4 is 6.41 Å². The normalized spacial score (nSPS) is 16.4. The molecule has 1 fully saturated rings. The van der Waals surface area contributed by atoms with Gasteiger partial charge in [-0.25, -0.2) is 0 Å². The van der Waals surface area contributed by atoms with Crippen LogP contribution in [0.4, 0.5) is 0 Å². The zero-order chi connectivity index (χ0) is 7.94. The lowest BCUT2D eigenvalue weighted by molar-refractivity contribution is -0.109. The quantitative estimate of drug-likeness (QED) is 0.272. The van der Waals surface area contributed by atoms with Crippen LogP contribution in [-0.4, -0.2) is 50.6 Å². The van der Waals surface area contributed by atoms with Gasteiger partial charge < -0.3 is 10.6 Å². The van der Waals surface area contributed by atoms with E-state index in [1.807, 2.05) is 0 Å². The zero-order valence-electron chi connectivity index (χ0n) is 6.68. The van der Waals surface area contributed by atoms with E-state index in [0.717, 1.165) is 32.6 Å². The smallest absolute Gasteiger partial charge is 0.207 e. The number of hydrogen-bond donors (Lipinski definition) is 2. The molecule has 0 atom stereocenters. The number of nitrogens with one attached hydrogen (secondary N) is 2. The molecule has 11 heavy (non-hydrogen) atoms. The minimum atomic E-state index is 0.726. The van der Waals surface area contributed by atoms with Gasteiger partial charge in [0.25, 0.3) is 0 Å². The molecule has 0 aromatic rings. The van der Waals surface area contributed by atoms with Crippen molar-refractivity contribution < 1.29 is 4.79 Å². The molecule has 0 radical (unpaired) electrons. The maximum atomic E-state index is 9.81. The first-order valence-corrected chi connectivity index (χ1v) is 4.03. The average Bonchev–Trinajstić information content (AvgIpc) is 2.80. The van der Waals surface area contributed by atoms with Crippen molar-refractivity contribution in [3.63, 3.8) is 0 Å². The summed E-state index contributed by atoms with van der Waals surface area (Å²) in [6.45, 7) is 6.28. The van der Waals surface area contributed by atoms with Gasteiger partial charge in [-0.15, -0.1) is 0 Å². The second kappa shape index (κ2) is 5.09. The lowest BCUT2D eigenvalue weighted by Gasteiger charge is -2.03. The monoisotopic (exact) mass is 157 g/mol.